The Morgan fingerprint density at radius 3 is 2.09 bits per heavy atom. The third kappa shape index (κ3) is 3.98. The zero-order valence-electron chi connectivity index (χ0n) is 7.50. The summed E-state index contributed by atoms with van der Waals surface area (Å²) in [6, 6.07) is -0.0903. The summed E-state index contributed by atoms with van der Waals surface area (Å²) in [7, 11) is 0. The van der Waals surface area contributed by atoms with Crippen LogP contribution in [0.15, 0.2) is 0 Å². The van der Waals surface area contributed by atoms with Crippen LogP contribution >= 0.6 is 0 Å². The predicted octanol–water partition coefficient (Wildman–Crippen LogP) is 0.481. The van der Waals surface area contributed by atoms with Gasteiger partial charge < -0.3 is 11.5 Å². The van der Waals surface area contributed by atoms with E-state index in [9.17, 15) is 4.79 Å². The Morgan fingerprint density at radius 1 is 1.36 bits per heavy atom. The minimum atomic E-state index is -0.315. The molecule has 1 amide bonds. The molecule has 0 radical (unpaired) electrons. The summed E-state index contributed by atoms with van der Waals surface area (Å²) in [5, 5.41) is 0. The van der Waals surface area contributed by atoms with Crippen molar-refractivity contribution in [1.29, 1.82) is 0 Å². The van der Waals surface area contributed by atoms with Crippen LogP contribution in [0.1, 0.15) is 27.2 Å². The minimum Gasteiger partial charge on any atom is -0.370 e. The Kier molecular flexibility index (Phi) is 4.11. The van der Waals surface area contributed by atoms with Gasteiger partial charge in [0, 0.05) is 12.5 Å². The maximum absolute atomic E-state index is 10.5. The number of hydrogen-bond donors (Lipinski definition) is 2. The van der Waals surface area contributed by atoms with Gasteiger partial charge in [-0.15, -0.1) is 0 Å². The van der Waals surface area contributed by atoms with Gasteiger partial charge in [-0.3, -0.25) is 4.79 Å². The van der Waals surface area contributed by atoms with Gasteiger partial charge in [0.25, 0.3) is 0 Å². The lowest BCUT2D eigenvalue weighted by Gasteiger charge is -2.21. The van der Waals surface area contributed by atoms with E-state index in [-0.39, 0.29) is 11.9 Å². The van der Waals surface area contributed by atoms with Crippen LogP contribution < -0.4 is 11.5 Å². The van der Waals surface area contributed by atoms with Crippen molar-refractivity contribution in [1.82, 2.24) is 0 Å². The Balaban J connectivity index is 3.82. The van der Waals surface area contributed by atoms with Crippen LogP contribution in [-0.2, 0) is 4.79 Å². The maximum Gasteiger partial charge on any atom is 0.218 e. The van der Waals surface area contributed by atoms with Gasteiger partial charge >= 0.3 is 0 Å². The van der Waals surface area contributed by atoms with Gasteiger partial charge in [0.15, 0.2) is 0 Å². The lowest BCUT2D eigenvalue weighted by atomic mass is 9.89. The molecule has 11 heavy (non-hydrogen) atoms. The summed E-state index contributed by atoms with van der Waals surface area (Å²) >= 11 is 0. The molecule has 0 aromatic carbocycles. The van der Waals surface area contributed by atoms with Gasteiger partial charge in [-0.2, -0.15) is 0 Å². The first kappa shape index (κ1) is 10.4. The van der Waals surface area contributed by atoms with Crippen molar-refractivity contribution in [3.8, 4) is 0 Å². The average molecular weight is 158 g/mol. The van der Waals surface area contributed by atoms with Crippen LogP contribution in [0, 0.1) is 11.8 Å². The Labute approximate surface area is 68.1 Å². The highest BCUT2D eigenvalue weighted by atomic mass is 16.1. The number of carbonyl (C=O) groups excluding carboxylic acids is 1. The molecule has 0 saturated carbocycles. The summed E-state index contributed by atoms with van der Waals surface area (Å²) in [6.07, 6.45) is 0.291. The first-order valence-corrected chi connectivity index (χ1v) is 3.99. The second-order valence-electron chi connectivity index (χ2n) is 3.44. The molecule has 66 valence electrons. The highest BCUT2D eigenvalue weighted by molar-refractivity contribution is 5.74. The first-order valence-electron chi connectivity index (χ1n) is 3.99. The molecule has 3 heteroatoms. The third-order valence-electron chi connectivity index (χ3n) is 2.16. The summed E-state index contributed by atoms with van der Waals surface area (Å²) < 4.78 is 0. The summed E-state index contributed by atoms with van der Waals surface area (Å²) in [5.41, 5.74) is 10.7. The molecule has 0 rings (SSSR count). The summed E-state index contributed by atoms with van der Waals surface area (Å²) in [6.45, 7) is 6.22. The molecule has 0 spiro atoms. The molecule has 0 heterocycles. The largest absolute Gasteiger partial charge is 0.370 e. The second kappa shape index (κ2) is 4.34. The molecule has 0 aliphatic carbocycles. The normalized spacial score (nSPS) is 16.5. The van der Waals surface area contributed by atoms with Crippen LogP contribution in [0.5, 0.6) is 0 Å². The van der Waals surface area contributed by atoms with E-state index >= 15 is 0 Å². The summed E-state index contributed by atoms with van der Waals surface area (Å²) in [4.78, 5) is 10.5. The highest BCUT2D eigenvalue weighted by Gasteiger charge is 2.17. The van der Waals surface area contributed by atoms with Crippen molar-refractivity contribution in [2.24, 2.45) is 23.3 Å². The van der Waals surface area contributed by atoms with E-state index in [1.807, 2.05) is 6.92 Å². The van der Waals surface area contributed by atoms with Crippen molar-refractivity contribution in [3.05, 3.63) is 0 Å². The van der Waals surface area contributed by atoms with Crippen LogP contribution in [-0.4, -0.2) is 11.9 Å². The van der Waals surface area contributed by atoms with Gasteiger partial charge in [0.05, 0.1) is 0 Å². The molecule has 0 aromatic rings. The van der Waals surface area contributed by atoms with Crippen LogP contribution in [0.2, 0.25) is 0 Å². The van der Waals surface area contributed by atoms with E-state index in [0.717, 1.165) is 0 Å². The van der Waals surface area contributed by atoms with E-state index < -0.39 is 0 Å². The van der Waals surface area contributed by atoms with E-state index in [2.05, 4.69) is 13.8 Å². The second-order valence-corrected chi connectivity index (χ2v) is 3.44. The molecule has 0 aliphatic heterocycles. The monoisotopic (exact) mass is 158 g/mol. The number of nitrogens with two attached hydrogens (primary N) is 2. The third-order valence-corrected chi connectivity index (χ3v) is 2.16. The lowest BCUT2D eigenvalue weighted by molar-refractivity contribution is -0.118. The molecule has 0 aromatic heterocycles. The van der Waals surface area contributed by atoms with Crippen molar-refractivity contribution >= 4 is 5.91 Å². The Bertz CT molecular complexity index is 134. The standard InChI is InChI=1S/C8H18N2O/c1-5(2)6(3)7(9)4-8(10)11/h5-7H,4,9H2,1-3H3,(H2,10,11). The molecule has 0 aliphatic rings. The van der Waals surface area contributed by atoms with Gasteiger partial charge in [-0.05, 0) is 11.8 Å². The van der Waals surface area contributed by atoms with Crippen LogP contribution in [0.25, 0.3) is 0 Å². The number of carbonyl (C=O) groups is 1. The molecule has 0 saturated heterocycles. The topological polar surface area (TPSA) is 69.1 Å². The fourth-order valence-electron chi connectivity index (χ4n) is 0.913. The fourth-order valence-corrected chi connectivity index (χ4v) is 0.913. The molecule has 0 fully saturated rings. The molecule has 2 atom stereocenters. The minimum absolute atomic E-state index is 0.0903. The number of hydrogen-bond acceptors (Lipinski definition) is 2. The van der Waals surface area contributed by atoms with E-state index in [1.54, 1.807) is 0 Å². The van der Waals surface area contributed by atoms with E-state index in [1.165, 1.54) is 0 Å². The van der Waals surface area contributed by atoms with E-state index in [0.29, 0.717) is 18.3 Å². The number of amides is 1. The van der Waals surface area contributed by atoms with Crippen molar-refractivity contribution in [2.45, 2.75) is 33.2 Å². The van der Waals surface area contributed by atoms with Crippen molar-refractivity contribution < 1.29 is 4.79 Å². The van der Waals surface area contributed by atoms with Gasteiger partial charge in [-0.25, -0.2) is 0 Å². The van der Waals surface area contributed by atoms with Gasteiger partial charge in [0.1, 0.15) is 0 Å². The fraction of sp³-hybridized carbons (Fsp3) is 0.875. The zero-order chi connectivity index (χ0) is 9.02. The zero-order valence-corrected chi connectivity index (χ0v) is 7.50. The van der Waals surface area contributed by atoms with E-state index in [4.69, 9.17) is 11.5 Å². The number of primary amides is 1. The molecular formula is C8H18N2O. The van der Waals surface area contributed by atoms with Gasteiger partial charge in [0.2, 0.25) is 5.91 Å². The van der Waals surface area contributed by atoms with Crippen LogP contribution in [0.3, 0.4) is 0 Å². The molecule has 2 unspecified atom stereocenters. The summed E-state index contributed by atoms with van der Waals surface area (Å²) in [5.74, 6) is 0.539. The first-order chi connectivity index (χ1) is 4.95. The quantitative estimate of drug-likeness (QED) is 0.625. The number of rotatable bonds is 4. The molecular weight excluding hydrogens is 140 g/mol. The highest BCUT2D eigenvalue weighted by Crippen LogP contribution is 2.14. The molecule has 3 nitrogen and oxygen atoms in total. The van der Waals surface area contributed by atoms with Crippen molar-refractivity contribution in [2.75, 3.05) is 0 Å². The Morgan fingerprint density at radius 2 is 1.82 bits per heavy atom. The maximum atomic E-state index is 10.5. The smallest absolute Gasteiger partial charge is 0.218 e. The molecule has 4 N–H and O–H groups in total. The SMILES string of the molecule is CC(C)C(C)C(N)CC(N)=O. The lowest BCUT2D eigenvalue weighted by Crippen LogP contribution is -2.35. The van der Waals surface area contributed by atoms with Crippen molar-refractivity contribution in [3.63, 3.8) is 0 Å². The van der Waals surface area contributed by atoms with Crippen LogP contribution in [0.4, 0.5) is 0 Å². The average Bonchev–Trinajstić information content (AvgIpc) is 1.84. The molecule has 0 bridgehead atoms. The Hall–Kier alpha value is -0.570. The predicted molar refractivity (Wildman–Crippen MR) is 45.8 cm³/mol. The van der Waals surface area contributed by atoms with Gasteiger partial charge in [-0.1, -0.05) is 20.8 Å².